The standard InChI is InChI=1S/C23H27N3O3S/c1-16-10-12-17(13-11-16)15-26-21-9-4-3-8-19(21)20(14-24-18-6-5-7-18)22(26)23(27)25-30(2,28)29/h3-4,8-13,18,24H,5-7,14-15H2,1-2H3,(H,25,27). The molecule has 3 aromatic rings. The van der Waals surface area contributed by atoms with Crippen LogP contribution >= 0.6 is 0 Å². The Hall–Kier alpha value is -2.64. The number of hydrogen-bond donors (Lipinski definition) is 2. The first-order valence-electron chi connectivity index (χ1n) is 10.2. The normalized spacial score (nSPS) is 14.6. The van der Waals surface area contributed by atoms with Crippen molar-refractivity contribution in [3.63, 3.8) is 0 Å². The number of hydrogen-bond acceptors (Lipinski definition) is 4. The average Bonchev–Trinajstić information content (AvgIpc) is 2.95. The van der Waals surface area contributed by atoms with E-state index in [2.05, 4.69) is 10.0 Å². The Balaban J connectivity index is 1.82. The fraction of sp³-hybridized carbons (Fsp3) is 0.348. The molecule has 1 aromatic heterocycles. The van der Waals surface area contributed by atoms with Crippen molar-refractivity contribution in [3.8, 4) is 0 Å². The number of aromatic nitrogens is 1. The highest BCUT2D eigenvalue weighted by molar-refractivity contribution is 7.89. The van der Waals surface area contributed by atoms with Gasteiger partial charge in [-0.1, -0.05) is 54.4 Å². The first-order valence-corrected chi connectivity index (χ1v) is 12.1. The van der Waals surface area contributed by atoms with Gasteiger partial charge in [0, 0.05) is 35.6 Å². The molecule has 158 valence electrons. The van der Waals surface area contributed by atoms with Gasteiger partial charge >= 0.3 is 0 Å². The number of carbonyl (C=O) groups excluding carboxylic acids is 1. The van der Waals surface area contributed by atoms with E-state index >= 15 is 0 Å². The maximum atomic E-state index is 13.1. The Kier molecular flexibility index (Phi) is 5.66. The fourth-order valence-electron chi connectivity index (χ4n) is 3.93. The minimum Gasteiger partial charge on any atom is -0.332 e. The molecule has 1 amide bonds. The van der Waals surface area contributed by atoms with Crippen molar-refractivity contribution in [3.05, 3.63) is 70.9 Å². The molecule has 1 aliphatic carbocycles. The molecule has 30 heavy (non-hydrogen) atoms. The summed E-state index contributed by atoms with van der Waals surface area (Å²) in [6.45, 7) is 3.04. The van der Waals surface area contributed by atoms with Gasteiger partial charge in [-0.15, -0.1) is 0 Å². The zero-order valence-electron chi connectivity index (χ0n) is 17.3. The van der Waals surface area contributed by atoms with Crippen LogP contribution in [0.1, 0.15) is 46.4 Å². The van der Waals surface area contributed by atoms with Gasteiger partial charge < -0.3 is 9.88 Å². The van der Waals surface area contributed by atoms with Gasteiger partial charge in [-0.25, -0.2) is 13.1 Å². The molecule has 1 aliphatic rings. The predicted molar refractivity (Wildman–Crippen MR) is 119 cm³/mol. The van der Waals surface area contributed by atoms with E-state index in [1.54, 1.807) is 0 Å². The van der Waals surface area contributed by atoms with Crippen LogP contribution in [-0.4, -0.2) is 31.2 Å². The molecular weight excluding hydrogens is 398 g/mol. The summed E-state index contributed by atoms with van der Waals surface area (Å²) in [7, 11) is -3.68. The minimum atomic E-state index is -3.68. The molecule has 0 saturated heterocycles. The lowest BCUT2D eigenvalue weighted by Crippen LogP contribution is -2.36. The van der Waals surface area contributed by atoms with Crippen LogP contribution in [0.2, 0.25) is 0 Å². The van der Waals surface area contributed by atoms with Crippen LogP contribution in [0.25, 0.3) is 10.9 Å². The first-order chi connectivity index (χ1) is 14.3. The Morgan fingerprint density at radius 3 is 2.43 bits per heavy atom. The summed E-state index contributed by atoms with van der Waals surface area (Å²) in [6, 6.07) is 16.5. The number of amides is 1. The van der Waals surface area contributed by atoms with E-state index in [-0.39, 0.29) is 0 Å². The van der Waals surface area contributed by atoms with E-state index in [1.165, 1.54) is 6.42 Å². The summed E-state index contributed by atoms with van der Waals surface area (Å²) in [4.78, 5) is 13.1. The lowest BCUT2D eigenvalue weighted by molar-refractivity contribution is 0.0972. The molecule has 4 rings (SSSR count). The van der Waals surface area contributed by atoms with Gasteiger partial charge in [-0.2, -0.15) is 0 Å². The average molecular weight is 426 g/mol. The molecule has 7 heteroatoms. The predicted octanol–water partition coefficient (Wildman–Crippen LogP) is 3.33. The highest BCUT2D eigenvalue weighted by Crippen LogP contribution is 2.29. The highest BCUT2D eigenvalue weighted by atomic mass is 32.2. The second kappa shape index (κ2) is 8.24. The lowest BCUT2D eigenvalue weighted by atomic mass is 9.93. The first kappa shape index (κ1) is 20.6. The van der Waals surface area contributed by atoms with Crippen molar-refractivity contribution in [1.82, 2.24) is 14.6 Å². The molecule has 2 aromatic carbocycles. The van der Waals surface area contributed by atoms with Crippen molar-refractivity contribution < 1.29 is 13.2 Å². The molecule has 0 aliphatic heterocycles. The molecule has 6 nitrogen and oxygen atoms in total. The molecule has 0 bridgehead atoms. The Morgan fingerprint density at radius 1 is 1.10 bits per heavy atom. The number of rotatable bonds is 7. The molecule has 0 unspecified atom stereocenters. The molecule has 0 spiro atoms. The molecule has 0 radical (unpaired) electrons. The molecule has 1 saturated carbocycles. The van der Waals surface area contributed by atoms with Crippen LogP contribution in [0, 0.1) is 6.92 Å². The summed E-state index contributed by atoms with van der Waals surface area (Å²) < 4.78 is 27.7. The van der Waals surface area contributed by atoms with Gasteiger partial charge in [-0.05, 0) is 31.4 Å². The van der Waals surface area contributed by atoms with Crippen LogP contribution in [0.5, 0.6) is 0 Å². The number of benzene rings is 2. The van der Waals surface area contributed by atoms with Crippen LogP contribution in [0.15, 0.2) is 48.5 Å². The molecule has 1 fully saturated rings. The van der Waals surface area contributed by atoms with E-state index in [1.807, 2.05) is 60.0 Å². The van der Waals surface area contributed by atoms with E-state index in [9.17, 15) is 13.2 Å². The SMILES string of the molecule is Cc1ccc(Cn2c(C(=O)NS(C)(=O)=O)c(CNC3CCC3)c3ccccc32)cc1. The van der Waals surface area contributed by atoms with Crippen LogP contribution < -0.4 is 10.0 Å². The van der Waals surface area contributed by atoms with E-state index in [4.69, 9.17) is 0 Å². The van der Waals surface area contributed by atoms with Gasteiger partial charge in [0.15, 0.2) is 0 Å². The van der Waals surface area contributed by atoms with Gasteiger partial charge in [-0.3, -0.25) is 4.79 Å². The zero-order valence-corrected chi connectivity index (χ0v) is 18.1. The number of sulfonamides is 1. The van der Waals surface area contributed by atoms with Crippen molar-refractivity contribution in [2.45, 2.75) is 45.3 Å². The molecule has 2 N–H and O–H groups in total. The smallest absolute Gasteiger partial charge is 0.281 e. The largest absolute Gasteiger partial charge is 0.332 e. The number of fused-ring (bicyclic) bond motifs is 1. The lowest BCUT2D eigenvalue weighted by Gasteiger charge is -2.26. The summed E-state index contributed by atoms with van der Waals surface area (Å²) in [5.74, 6) is -0.591. The third-order valence-corrected chi connectivity index (χ3v) is 6.26. The van der Waals surface area contributed by atoms with Crippen LogP contribution in [-0.2, 0) is 23.1 Å². The Bertz CT molecular complexity index is 1180. The van der Waals surface area contributed by atoms with Crippen molar-refractivity contribution in [2.75, 3.05) is 6.26 Å². The van der Waals surface area contributed by atoms with Crippen LogP contribution in [0.3, 0.4) is 0 Å². The quantitative estimate of drug-likeness (QED) is 0.609. The Morgan fingerprint density at radius 2 is 1.80 bits per heavy atom. The maximum Gasteiger partial charge on any atom is 0.281 e. The second-order valence-electron chi connectivity index (χ2n) is 8.13. The number of nitrogens with zero attached hydrogens (tertiary/aromatic N) is 1. The Labute approximate surface area is 177 Å². The molecule has 1 heterocycles. The van der Waals surface area contributed by atoms with E-state index in [0.717, 1.165) is 46.7 Å². The van der Waals surface area contributed by atoms with Crippen LogP contribution in [0.4, 0.5) is 0 Å². The number of para-hydroxylation sites is 1. The maximum absolute atomic E-state index is 13.1. The monoisotopic (exact) mass is 425 g/mol. The summed E-state index contributed by atoms with van der Waals surface area (Å²) in [6.07, 6.45) is 4.48. The van der Waals surface area contributed by atoms with Gasteiger partial charge in [0.1, 0.15) is 5.69 Å². The van der Waals surface area contributed by atoms with Gasteiger partial charge in [0.2, 0.25) is 10.0 Å². The van der Waals surface area contributed by atoms with Crippen molar-refractivity contribution in [1.29, 1.82) is 0 Å². The molecule has 0 atom stereocenters. The van der Waals surface area contributed by atoms with Crippen molar-refractivity contribution in [2.24, 2.45) is 0 Å². The zero-order chi connectivity index (χ0) is 21.3. The number of carbonyl (C=O) groups is 1. The van der Waals surface area contributed by atoms with Gasteiger partial charge in [0.05, 0.1) is 6.26 Å². The van der Waals surface area contributed by atoms with E-state index < -0.39 is 15.9 Å². The highest BCUT2D eigenvalue weighted by Gasteiger charge is 2.26. The van der Waals surface area contributed by atoms with E-state index in [0.29, 0.717) is 24.8 Å². The fourth-order valence-corrected chi connectivity index (χ4v) is 4.36. The summed E-state index contributed by atoms with van der Waals surface area (Å²) in [5.41, 5.74) is 4.37. The second-order valence-corrected chi connectivity index (χ2v) is 9.88. The summed E-state index contributed by atoms with van der Waals surface area (Å²) >= 11 is 0. The van der Waals surface area contributed by atoms with Gasteiger partial charge in [0.25, 0.3) is 5.91 Å². The third kappa shape index (κ3) is 4.42. The topological polar surface area (TPSA) is 80.2 Å². The minimum absolute atomic E-state index is 0.397. The van der Waals surface area contributed by atoms with Crippen molar-refractivity contribution >= 4 is 26.8 Å². The molecular formula is C23H27N3O3S. The number of nitrogens with one attached hydrogen (secondary N) is 2. The third-order valence-electron chi connectivity index (χ3n) is 5.70. The summed E-state index contributed by atoms with van der Waals surface area (Å²) in [5, 5.41) is 4.50. The number of aryl methyl sites for hydroxylation is 1.